The summed E-state index contributed by atoms with van der Waals surface area (Å²) < 4.78 is 0. The molecule has 2 aromatic carbocycles. The molecule has 0 radical (unpaired) electrons. The monoisotopic (exact) mass is 285 g/mol. The van der Waals surface area contributed by atoms with E-state index in [2.05, 4.69) is 79.5 Å². The molecular weight excluding hydrogens is 266 g/mol. The first-order valence-corrected chi connectivity index (χ1v) is 8.06. The van der Waals surface area contributed by atoms with Crippen LogP contribution < -0.4 is 0 Å². The zero-order chi connectivity index (χ0) is 14.9. The van der Waals surface area contributed by atoms with E-state index < -0.39 is 0 Å². The maximum absolute atomic E-state index is 3.59. The van der Waals surface area contributed by atoms with Gasteiger partial charge in [-0.15, -0.1) is 0 Å². The number of hydrogen-bond acceptors (Lipinski definition) is 0. The van der Waals surface area contributed by atoms with Crippen molar-refractivity contribution < 1.29 is 0 Å². The molecule has 0 fully saturated rings. The van der Waals surface area contributed by atoms with E-state index in [1.54, 1.807) is 0 Å². The highest BCUT2D eigenvalue weighted by Crippen LogP contribution is 2.53. The quantitative estimate of drug-likeness (QED) is 0.566. The first kappa shape index (κ1) is 12.3. The maximum atomic E-state index is 3.59. The van der Waals surface area contributed by atoms with Crippen molar-refractivity contribution in [1.82, 2.24) is 4.98 Å². The minimum atomic E-state index is 0.188. The summed E-state index contributed by atoms with van der Waals surface area (Å²) in [5.74, 6) is 1.09. The summed E-state index contributed by atoms with van der Waals surface area (Å²) in [7, 11) is 0. The van der Waals surface area contributed by atoms with Crippen molar-refractivity contribution in [3.05, 3.63) is 71.8 Å². The molecule has 0 spiro atoms. The van der Waals surface area contributed by atoms with Gasteiger partial charge in [0.25, 0.3) is 0 Å². The lowest BCUT2D eigenvalue weighted by Crippen LogP contribution is -2.24. The van der Waals surface area contributed by atoms with Crippen molar-refractivity contribution in [3.63, 3.8) is 0 Å². The van der Waals surface area contributed by atoms with Crippen LogP contribution in [0.5, 0.6) is 0 Å². The number of fused-ring (bicyclic) bond motifs is 6. The first-order chi connectivity index (χ1) is 10.7. The molecule has 1 nitrogen and oxygen atoms in total. The first-order valence-electron chi connectivity index (χ1n) is 8.06. The molecule has 3 aromatic rings. The van der Waals surface area contributed by atoms with Gasteiger partial charge in [0, 0.05) is 27.7 Å². The predicted octanol–water partition coefficient (Wildman–Crippen LogP) is 5.44. The molecule has 108 valence electrons. The minimum absolute atomic E-state index is 0.188. The fourth-order valence-electron chi connectivity index (χ4n) is 4.52. The van der Waals surface area contributed by atoms with E-state index in [0.29, 0.717) is 11.8 Å². The average molecular weight is 285 g/mol. The smallest absolute Gasteiger partial charge is 0.0468 e. The summed E-state index contributed by atoms with van der Waals surface area (Å²) in [6, 6.07) is 13.4. The minimum Gasteiger partial charge on any atom is -0.355 e. The molecule has 1 aromatic heterocycles. The van der Waals surface area contributed by atoms with Crippen molar-refractivity contribution in [2.75, 3.05) is 0 Å². The molecule has 1 N–H and O–H groups in total. The van der Waals surface area contributed by atoms with Gasteiger partial charge in [-0.1, -0.05) is 56.4 Å². The van der Waals surface area contributed by atoms with Crippen molar-refractivity contribution in [2.24, 2.45) is 5.92 Å². The molecule has 1 heterocycles. The topological polar surface area (TPSA) is 15.8 Å². The molecule has 22 heavy (non-hydrogen) atoms. The van der Waals surface area contributed by atoms with Gasteiger partial charge in [0.05, 0.1) is 0 Å². The van der Waals surface area contributed by atoms with Crippen LogP contribution in [0.3, 0.4) is 0 Å². The molecule has 5 rings (SSSR count). The molecular formula is C21H19N. The van der Waals surface area contributed by atoms with Crippen LogP contribution in [0.2, 0.25) is 0 Å². The Morgan fingerprint density at radius 1 is 0.909 bits per heavy atom. The highest BCUT2D eigenvalue weighted by Gasteiger charge is 2.44. The Kier molecular flexibility index (Phi) is 2.19. The number of rotatable bonds is 0. The number of allylic oxidation sites excluding steroid dienone is 4. The Balaban J connectivity index is 1.87. The third-order valence-electron chi connectivity index (χ3n) is 5.70. The van der Waals surface area contributed by atoms with E-state index >= 15 is 0 Å². The summed E-state index contributed by atoms with van der Waals surface area (Å²) >= 11 is 0. The summed E-state index contributed by atoms with van der Waals surface area (Å²) in [5, 5.41) is 2.69. The fraction of sp³-hybridized carbons (Fsp3) is 0.238. The molecule has 2 atom stereocenters. The zero-order valence-electron chi connectivity index (χ0n) is 12.9. The lowest BCUT2D eigenvalue weighted by atomic mass is 9.74. The Morgan fingerprint density at radius 2 is 1.73 bits per heavy atom. The van der Waals surface area contributed by atoms with Gasteiger partial charge in [0.15, 0.2) is 0 Å². The molecule has 0 saturated carbocycles. The lowest BCUT2D eigenvalue weighted by Gasteiger charge is -2.29. The SMILES string of the molecule is CC1(C)c2cc3c(cc2C2C=CC=CC21)[nH]c1ccccc13. The number of aromatic nitrogens is 1. The van der Waals surface area contributed by atoms with E-state index in [9.17, 15) is 0 Å². The highest BCUT2D eigenvalue weighted by molar-refractivity contribution is 6.07. The standard InChI is InChI=1S/C21H19N/c1-21(2)17-9-5-3-7-13(17)15-12-20-16(11-18(15)21)14-8-4-6-10-19(14)22-20/h3-13,17,22H,1-2H3. The second-order valence-corrected chi connectivity index (χ2v) is 7.20. The van der Waals surface area contributed by atoms with Crippen LogP contribution in [0.4, 0.5) is 0 Å². The van der Waals surface area contributed by atoms with E-state index in [1.807, 2.05) is 0 Å². The highest BCUT2D eigenvalue weighted by atomic mass is 14.7. The van der Waals surface area contributed by atoms with E-state index in [0.717, 1.165) is 0 Å². The van der Waals surface area contributed by atoms with E-state index in [4.69, 9.17) is 0 Å². The van der Waals surface area contributed by atoms with Crippen LogP contribution in [0, 0.1) is 5.92 Å². The van der Waals surface area contributed by atoms with Crippen LogP contribution in [-0.4, -0.2) is 4.98 Å². The Labute approximate surface area is 130 Å². The third-order valence-corrected chi connectivity index (χ3v) is 5.70. The van der Waals surface area contributed by atoms with E-state index in [-0.39, 0.29) is 5.41 Å². The van der Waals surface area contributed by atoms with E-state index in [1.165, 1.54) is 32.9 Å². The number of nitrogens with one attached hydrogen (secondary N) is 1. The number of H-pyrrole nitrogens is 1. The van der Waals surface area contributed by atoms with Crippen LogP contribution in [0.15, 0.2) is 60.7 Å². The maximum Gasteiger partial charge on any atom is 0.0468 e. The molecule has 0 aliphatic heterocycles. The van der Waals surface area contributed by atoms with Gasteiger partial charge in [0.2, 0.25) is 0 Å². The molecule has 2 aliphatic rings. The largest absolute Gasteiger partial charge is 0.355 e. The van der Waals surface area contributed by atoms with Crippen molar-refractivity contribution in [1.29, 1.82) is 0 Å². The Morgan fingerprint density at radius 3 is 2.64 bits per heavy atom. The zero-order valence-corrected chi connectivity index (χ0v) is 12.9. The Hall–Kier alpha value is -2.28. The Bertz CT molecular complexity index is 968. The number of hydrogen-bond donors (Lipinski definition) is 1. The van der Waals surface area contributed by atoms with Crippen molar-refractivity contribution >= 4 is 21.8 Å². The third kappa shape index (κ3) is 1.39. The molecule has 0 bridgehead atoms. The molecule has 2 aliphatic carbocycles. The summed E-state index contributed by atoms with van der Waals surface area (Å²) in [4.78, 5) is 3.59. The van der Waals surface area contributed by atoms with Gasteiger partial charge < -0.3 is 4.98 Å². The molecule has 1 heteroatoms. The van der Waals surface area contributed by atoms with Crippen LogP contribution in [0.1, 0.15) is 30.9 Å². The van der Waals surface area contributed by atoms with Gasteiger partial charge >= 0.3 is 0 Å². The van der Waals surface area contributed by atoms with Gasteiger partial charge in [-0.2, -0.15) is 0 Å². The number of aromatic amines is 1. The van der Waals surface area contributed by atoms with Crippen molar-refractivity contribution in [3.8, 4) is 0 Å². The van der Waals surface area contributed by atoms with Crippen LogP contribution in [-0.2, 0) is 5.41 Å². The average Bonchev–Trinajstić information content (AvgIpc) is 3.00. The predicted molar refractivity (Wildman–Crippen MR) is 93.3 cm³/mol. The van der Waals surface area contributed by atoms with Crippen LogP contribution in [0.25, 0.3) is 21.8 Å². The number of benzene rings is 2. The summed E-state index contributed by atoms with van der Waals surface area (Å²) in [5.41, 5.74) is 5.69. The van der Waals surface area contributed by atoms with Crippen LogP contribution >= 0.6 is 0 Å². The van der Waals surface area contributed by atoms with Crippen molar-refractivity contribution in [2.45, 2.75) is 25.2 Å². The second-order valence-electron chi connectivity index (χ2n) is 7.20. The van der Waals surface area contributed by atoms with Gasteiger partial charge in [0.1, 0.15) is 0 Å². The number of para-hydroxylation sites is 1. The summed E-state index contributed by atoms with van der Waals surface area (Å²) in [6.45, 7) is 4.78. The normalized spacial score (nSPS) is 24.8. The van der Waals surface area contributed by atoms with Gasteiger partial charge in [-0.25, -0.2) is 0 Å². The molecule has 0 amide bonds. The molecule has 0 saturated heterocycles. The van der Waals surface area contributed by atoms with Gasteiger partial charge in [-0.3, -0.25) is 0 Å². The fourth-order valence-corrected chi connectivity index (χ4v) is 4.52. The lowest BCUT2D eigenvalue weighted by molar-refractivity contribution is 0.394. The second kappa shape index (κ2) is 3.92. The van der Waals surface area contributed by atoms with Gasteiger partial charge in [-0.05, 0) is 40.7 Å². The summed E-state index contributed by atoms with van der Waals surface area (Å²) in [6.07, 6.45) is 9.15. The molecule has 2 unspecified atom stereocenters.